The van der Waals surface area contributed by atoms with E-state index in [4.69, 9.17) is 0 Å². The van der Waals surface area contributed by atoms with Crippen molar-refractivity contribution in [3.8, 4) is 0 Å². The van der Waals surface area contributed by atoms with E-state index in [0.717, 1.165) is 25.0 Å². The first kappa shape index (κ1) is 5.89. The van der Waals surface area contributed by atoms with Gasteiger partial charge in [0, 0.05) is 7.05 Å². The van der Waals surface area contributed by atoms with Gasteiger partial charge in [0.25, 0.3) is 5.91 Å². The minimum absolute atomic E-state index is 0.157. The van der Waals surface area contributed by atoms with Gasteiger partial charge in [0.1, 0.15) is 0 Å². The van der Waals surface area contributed by atoms with E-state index in [2.05, 4.69) is 5.10 Å². The summed E-state index contributed by atoms with van der Waals surface area (Å²) in [5, 5.41) is 5.60. The molecular weight excluding hydrogens is 128 g/mol. The number of carbonyl (C=O) groups is 1. The van der Waals surface area contributed by atoms with Gasteiger partial charge < -0.3 is 0 Å². The van der Waals surface area contributed by atoms with Gasteiger partial charge in [-0.05, 0) is 19.3 Å². The third-order valence-electron chi connectivity index (χ3n) is 2.22. The normalized spacial score (nSPS) is 30.9. The smallest absolute Gasteiger partial charge is 0.251 e. The Labute approximate surface area is 59.7 Å². The number of nitrogens with zero attached hydrogens (tertiary/aromatic N) is 2. The van der Waals surface area contributed by atoms with Gasteiger partial charge in [0.2, 0.25) is 0 Å². The van der Waals surface area contributed by atoms with Crippen molar-refractivity contribution in [3.05, 3.63) is 0 Å². The largest absolute Gasteiger partial charge is 0.272 e. The SMILES string of the molecule is CN1N=C2CCC[C@@H]2C1=O. The van der Waals surface area contributed by atoms with Crippen molar-refractivity contribution < 1.29 is 4.79 Å². The van der Waals surface area contributed by atoms with Crippen LogP contribution in [0.15, 0.2) is 5.10 Å². The first-order chi connectivity index (χ1) is 4.79. The maximum atomic E-state index is 11.2. The van der Waals surface area contributed by atoms with E-state index < -0.39 is 0 Å². The van der Waals surface area contributed by atoms with Crippen LogP contribution >= 0.6 is 0 Å². The van der Waals surface area contributed by atoms with E-state index in [0.29, 0.717) is 0 Å². The molecule has 1 heterocycles. The van der Waals surface area contributed by atoms with Crippen molar-refractivity contribution in [2.24, 2.45) is 11.0 Å². The molecule has 54 valence electrons. The summed E-state index contributed by atoms with van der Waals surface area (Å²) in [4.78, 5) is 11.2. The molecule has 0 spiro atoms. The third-order valence-corrected chi connectivity index (χ3v) is 2.22. The van der Waals surface area contributed by atoms with E-state index in [1.165, 1.54) is 5.01 Å². The minimum Gasteiger partial charge on any atom is -0.272 e. The van der Waals surface area contributed by atoms with Crippen molar-refractivity contribution in [1.29, 1.82) is 0 Å². The summed E-state index contributed by atoms with van der Waals surface area (Å²) < 4.78 is 0. The second kappa shape index (κ2) is 1.81. The zero-order chi connectivity index (χ0) is 7.14. The molecule has 0 aromatic carbocycles. The van der Waals surface area contributed by atoms with E-state index in [-0.39, 0.29) is 11.8 Å². The maximum absolute atomic E-state index is 11.2. The fourth-order valence-corrected chi connectivity index (χ4v) is 1.68. The molecule has 1 aliphatic heterocycles. The highest BCUT2D eigenvalue weighted by atomic mass is 16.2. The van der Waals surface area contributed by atoms with Crippen LogP contribution in [0.1, 0.15) is 19.3 Å². The van der Waals surface area contributed by atoms with Crippen LogP contribution in [-0.4, -0.2) is 23.7 Å². The topological polar surface area (TPSA) is 32.7 Å². The van der Waals surface area contributed by atoms with Crippen LogP contribution in [-0.2, 0) is 4.79 Å². The first-order valence-corrected chi connectivity index (χ1v) is 3.64. The Morgan fingerprint density at radius 3 is 3.20 bits per heavy atom. The van der Waals surface area contributed by atoms with Crippen LogP contribution in [0.4, 0.5) is 0 Å². The van der Waals surface area contributed by atoms with Gasteiger partial charge in [-0.3, -0.25) is 4.79 Å². The summed E-state index contributed by atoms with van der Waals surface area (Å²) in [6.45, 7) is 0. The third kappa shape index (κ3) is 0.602. The molecule has 3 nitrogen and oxygen atoms in total. The zero-order valence-corrected chi connectivity index (χ0v) is 6.00. The summed E-state index contributed by atoms with van der Waals surface area (Å²) in [6, 6.07) is 0. The second-order valence-electron chi connectivity index (χ2n) is 2.90. The van der Waals surface area contributed by atoms with Crippen LogP contribution in [0, 0.1) is 5.92 Å². The summed E-state index contributed by atoms with van der Waals surface area (Å²) in [5.41, 5.74) is 1.10. The summed E-state index contributed by atoms with van der Waals surface area (Å²) >= 11 is 0. The molecule has 0 radical (unpaired) electrons. The molecule has 1 atom stereocenters. The lowest BCUT2D eigenvalue weighted by atomic mass is 10.1. The molecule has 0 bridgehead atoms. The van der Waals surface area contributed by atoms with Gasteiger partial charge in [-0.25, -0.2) is 5.01 Å². The number of fused-ring (bicyclic) bond motifs is 1. The van der Waals surface area contributed by atoms with Crippen LogP contribution in [0.2, 0.25) is 0 Å². The van der Waals surface area contributed by atoms with Gasteiger partial charge >= 0.3 is 0 Å². The number of hydrazone groups is 1. The molecule has 1 fully saturated rings. The number of rotatable bonds is 0. The highest BCUT2D eigenvalue weighted by Crippen LogP contribution is 2.28. The van der Waals surface area contributed by atoms with Crippen molar-refractivity contribution >= 4 is 11.6 Å². The van der Waals surface area contributed by atoms with Crippen LogP contribution in [0.25, 0.3) is 0 Å². The van der Waals surface area contributed by atoms with E-state index in [1.54, 1.807) is 7.05 Å². The summed E-state index contributed by atoms with van der Waals surface area (Å²) in [7, 11) is 1.73. The highest BCUT2D eigenvalue weighted by molar-refractivity contribution is 6.08. The van der Waals surface area contributed by atoms with Crippen LogP contribution in [0.3, 0.4) is 0 Å². The zero-order valence-electron chi connectivity index (χ0n) is 6.00. The molecule has 0 N–H and O–H groups in total. The quantitative estimate of drug-likeness (QED) is 0.483. The molecule has 0 saturated heterocycles. The lowest BCUT2D eigenvalue weighted by Gasteiger charge is -2.04. The lowest BCUT2D eigenvalue weighted by Crippen LogP contribution is -2.21. The molecule has 2 rings (SSSR count). The van der Waals surface area contributed by atoms with Gasteiger partial charge in [-0.1, -0.05) is 0 Å². The summed E-state index contributed by atoms with van der Waals surface area (Å²) in [5.74, 6) is 0.345. The van der Waals surface area contributed by atoms with E-state index in [9.17, 15) is 4.79 Å². The van der Waals surface area contributed by atoms with Gasteiger partial charge in [-0.15, -0.1) is 0 Å². The monoisotopic (exact) mass is 138 g/mol. The molecular formula is C7H10N2O. The van der Waals surface area contributed by atoms with Crippen molar-refractivity contribution in [2.45, 2.75) is 19.3 Å². The predicted molar refractivity (Wildman–Crippen MR) is 37.5 cm³/mol. The molecule has 1 saturated carbocycles. The Morgan fingerprint density at radius 1 is 1.70 bits per heavy atom. The average Bonchev–Trinajstić information content (AvgIpc) is 2.41. The highest BCUT2D eigenvalue weighted by Gasteiger charge is 2.36. The van der Waals surface area contributed by atoms with E-state index in [1.807, 2.05) is 0 Å². The average molecular weight is 138 g/mol. The minimum atomic E-state index is 0.157. The molecule has 0 unspecified atom stereocenters. The molecule has 0 aromatic rings. The molecule has 0 aromatic heterocycles. The van der Waals surface area contributed by atoms with Gasteiger partial charge in [-0.2, -0.15) is 5.10 Å². The van der Waals surface area contributed by atoms with Gasteiger partial charge in [0.05, 0.1) is 11.6 Å². The number of hydrogen-bond donors (Lipinski definition) is 0. The second-order valence-corrected chi connectivity index (χ2v) is 2.90. The van der Waals surface area contributed by atoms with E-state index >= 15 is 0 Å². The Bertz CT molecular complexity index is 210. The standard InChI is InChI=1S/C7H10N2O/c1-9-7(10)5-3-2-4-6(5)8-9/h5H,2-4H2,1H3/t5-/m0/s1. The van der Waals surface area contributed by atoms with Crippen molar-refractivity contribution in [1.82, 2.24) is 5.01 Å². The fourth-order valence-electron chi connectivity index (χ4n) is 1.68. The molecule has 1 amide bonds. The Kier molecular flexibility index (Phi) is 1.07. The fraction of sp³-hybridized carbons (Fsp3) is 0.714. The Hall–Kier alpha value is -0.860. The Balaban J connectivity index is 2.30. The molecule has 2 aliphatic rings. The number of amides is 1. The number of carbonyl (C=O) groups excluding carboxylic acids is 1. The lowest BCUT2D eigenvalue weighted by molar-refractivity contribution is -0.130. The maximum Gasteiger partial charge on any atom is 0.251 e. The first-order valence-electron chi connectivity index (χ1n) is 3.64. The predicted octanol–water partition coefficient (Wildman–Crippen LogP) is 0.615. The summed E-state index contributed by atoms with van der Waals surface area (Å²) in [6.07, 6.45) is 3.19. The van der Waals surface area contributed by atoms with Crippen molar-refractivity contribution in [2.75, 3.05) is 7.05 Å². The van der Waals surface area contributed by atoms with Crippen LogP contribution < -0.4 is 0 Å². The van der Waals surface area contributed by atoms with Crippen LogP contribution in [0.5, 0.6) is 0 Å². The number of hydrogen-bond acceptors (Lipinski definition) is 2. The molecule has 3 heteroatoms. The molecule has 1 aliphatic carbocycles. The van der Waals surface area contributed by atoms with Gasteiger partial charge in [0.15, 0.2) is 0 Å². The molecule has 10 heavy (non-hydrogen) atoms. The Morgan fingerprint density at radius 2 is 2.50 bits per heavy atom. The van der Waals surface area contributed by atoms with Crippen molar-refractivity contribution in [3.63, 3.8) is 0 Å².